The summed E-state index contributed by atoms with van der Waals surface area (Å²) in [6.45, 7) is 5.94. The van der Waals surface area contributed by atoms with Gasteiger partial charge in [-0.1, -0.05) is 12.8 Å². The zero-order valence-electron chi connectivity index (χ0n) is 12.5. The van der Waals surface area contributed by atoms with E-state index in [2.05, 4.69) is 10.6 Å². The van der Waals surface area contributed by atoms with Gasteiger partial charge in [0.1, 0.15) is 0 Å². The Kier molecular flexibility index (Phi) is 6.07. The topological polar surface area (TPSA) is 70.6 Å². The highest BCUT2D eigenvalue weighted by atomic mass is 16.5. The first-order valence-corrected chi connectivity index (χ1v) is 7.14. The third-order valence-electron chi connectivity index (χ3n) is 3.77. The van der Waals surface area contributed by atoms with E-state index >= 15 is 0 Å². The summed E-state index contributed by atoms with van der Waals surface area (Å²) in [6.07, 6.45) is 4.06. The molecule has 3 atom stereocenters. The summed E-state index contributed by atoms with van der Waals surface area (Å²) in [5.74, 6) is 0. The second-order valence-corrected chi connectivity index (χ2v) is 6.15. The third kappa shape index (κ3) is 5.78. The number of rotatable bonds is 5. The lowest BCUT2D eigenvalue weighted by Crippen LogP contribution is -2.51. The van der Waals surface area contributed by atoms with Crippen molar-refractivity contribution < 1.29 is 14.6 Å². The van der Waals surface area contributed by atoms with Crippen LogP contribution in [0.5, 0.6) is 0 Å². The number of carbonyl (C=O) groups excluding carboxylic acids is 1. The lowest BCUT2D eigenvalue weighted by Gasteiger charge is -2.30. The molecule has 0 unspecified atom stereocenters. The standard InChI is InChI=1S/C14H28N2O3/c1-10(9-14(2,3)19-4)15-13(18)16-11-7-5-6-8-12(11)17/h10-12,17H,5-9H2,1-4H3,(H2,15,16,18)/t10-,11+,12+/m0/s1. The molecule has 3 N–H and O–H groups in total. The van der Waals surface area contributed by atoms with E-state index in [0.29, 0.717) is 0 Å². The first-order chi connectivity index (χ1) is 8.84. The maximum atomic E-state index is 11.9. The lowest BCUT2D eigenvalue weighted by atomic mass is 9.93. The molecule has 0 bridgehead atoms. The number of ether oxygens (including phenoxy) is 1. The minimum Gasteiger partial charge on any atom is -0.391 e. The Hall–Kier alpha value is -0.810. The number of aliphatic hydroxyl groups is 1. The van der Waals surface area contributed by atoms with Crippen LogP contribution in [-0.2, 0) is 4.74 Å². The van der Waals surface area contributed by atoms with Gasteiger partial charge >= 0.3 is 6.03 Å². The predicted molar refractivity (Wildman–Crippen MR) is 75.1 cm³/mol. The molecule has 1 saturated carbocycles. The summed E-state index contributed by atoms with van der Waals surface area (Å²) in [7, 11) is 1.67. The number of amides is 2. The quantitative estimate of drug-likeness (QED) is 0.714. The number of hydrogen-bond acceptors (Lipinski definition) is 3. The van der Waals surface area contributed by atoms with E-state index in [1.807, 2.05) is 20.8 Å². The number of hydrogen-bond donors (Lipinski definition) is 3. The molecule has 0 saturated heterocycles. The summed E-state index contributed by atoms with van der Waals surface area (Å²) >= 11 is 0. The molecule has 2 amide bonds. The average molecular weight is 272 g/mol. The molecule has 0 radical (unpaired) electrons. The molecule has 5 heteroatoms. The van der Waals surface area contributed by atoms with Crippen molar-refractivity contribution in [2.24, 2.45) is 0 Å². The largest absolute Gasteiger partial charge is 0.391 e. The fourth-order valence-corrected chi connectivity index (χ4v) is 2.59. The Morgan fingerprint density at radius 2 is 2.05 bits per heavy atom. The highest BCUT2D eigenvalue weighted by Crippen LogP contribution is 2.18. The van der Waals surface area contributed by atoms with Crippen LogP contribution in [0.1, 0.15) is 52.9 Å². The molecule has 19 heavy (non-hydrogen) atoms. The van der Waals surface area contributed by atoms with Crippen LogP contribution in [0, 0.1) is 0 Å². The summed E-state index contributed by atoms with van der Waals surface area (Å²) in [5.41, 5.74) is -0.253. The molecule has 1 aliphatic carbocycles. The fourth-order valence-electron chi connectivity index (χ4n) is 2.59. The van der Waals surface area contributed by atoms with Gasteiger partial charge < -0.3 is 20.5 Å². The van der Waals surface area contributed by atoms with Crippen molar-refractivity contribution in [3.05, 3.63) is 0 Å². The molecule has 0 spiro atoms. The van der Waals surface area contributed by atoms with Crippen molar-refractivity contribution in [3.8, 4) is 0 Å². The van der Waals surface area contributed by atoms with Gasteiger partial charge in [-0.05, 0) is 40.0 Å². The van der Waals surface area contributed by atoms with E-state index < -0.39 is 6.10 Å². The average Bonchev–Trinajstić information content (AvgIpc) is 2.31. The number of aliphatic hydroxyl groups excluding tert-OH is 1. The summed E-state index contributed by atoms with van der Waals surface area (Å²) < 4.78 is 5.35. The highest BCUT2D eigenvalue weighted by Gasteiger charge is 2.26. The summed E-state index contributed by atoms with van der Waals surface area (Å²) in [6, 6.07) is -0.294. The van der Waals surface area contributed by atoms with Crippen molar-refractivity contribution in [1.29, 1.82) is 0 Å². The molecule has 112 valence electrons. The Bertz CT molecular complexity index is 294. The van der Waals surface area contributed by atoms with Gasteiger partial charge in [0.15, 0.2) is 0 Å². The molecule has 0 heterocycles. The monoisotopic (exact) mass is 272 g/mol. The number of methoxy groups -OCH3 is 1. The van der Waals surface area contributed by atoms with Crippen molar-refractivity contribution in [3.63, 3.8) is 0 Å². The summed E-state index contributed by atoms with van der Waals surface area (Å²) in [4.78, 5) is 11.9. The fraction of sp³-hybridized carbons (Fsp3) is 0.929. The van der Waals surface area contributed by atoms with E-state index in [1.54, 1.807) is 7.11 Å². The van der Waals surface area contributed by atoms with Crippen molar-refractivity contribution >= 4 is 6.03 Å². The molecule has 1 aliphatic rings. The van der Waals surface area contributed by atoms with Crippen LogP contribution in [0.25, 0.3) is 0 Å². The predicted octanol–water partition coefficient (Wildman–Crippen LogP) is 1.79. The number of urea groups is 1. The van der Waals surface area contributed by atoms with Crippen molar-refractivity contribution in [1.82, 2.24) is 10.6 Å². The van der Waals surface area contributed by atoms with E-state index in [-0.39, 0.29) is 23.7 Å². The first kappa shape index (κ1) is 16.2. The second kappa shape index (κ2) is 7.10. The first-order valence-electron chi connectivity index (χ1n) is 7.14. The zero-order valence-corrected chi connectivity index (χ0v) is 12.5. The molecule has 0 aromatic rings. The van der Waals surface area contributed by atoms with Gasteiger partial charge in [-0.15, -0.1) is 0 Å². The van der Waals surface area contributed by atoms with Gasteiger partial charge in [-0.25, -0.2) is 4.79 Å². The van der Waals surface area contributed by atoms with Gasteiger partial charge in [0.05, 0.1) is 17.7 Å². The minimum absolute atomic E-state index is 0.0238. The maximum Gasteiger partial charge on any atom is 0.315 e. The maximum absolute atomic E-state index is 11.9. The van der Waals surface area contributed by atoms with Gasteiger partial charge in [0.25, 0.3) is 0 Å². The summed E-state index contributed by atoms with van der Waals surface area (Å²) in [5, 5.41) is 15.6. The molecule has 1 rings (SSSR count). The minimum atomic E-state index is -0.412. The van der Waals surface area contributed by atoms with Crippen LogP contribution in [0.3, 0.4) is 0 Å². The highest BCUT2D eigenvalue weighted by molar-refractivity contribution is 5.74. The second-order valence-electron chi connectivity index (χ2n) is 6.15. The molecule has 0 aliphatic heterocycles. The molecule has 1 fully saturated rings. The lowest BCUT2D eigenvalue weighted by molar-refractivity contribution is 0.00935. The Morgan fingerprint density at radius 3 is 2.63 bits per heavy atom. The zero-order chi connectivity index (χ0) is 14.5. The number of carbonyl (C=O) groups is 1. The molecular weight excluding hydrogens is 244 g/mol. The van der Waals surface area contributed by atoms with Crippen LogP contribution in [0.2, 0.25) is 0 Å². The van der Waals surface area contributed by atoms with E-state index in [1.165, 1.54) is 0 Å². The van der Waals surface area contributed by atoms with Gasteiger partial charge in [-0.3, -0.25) is 0 Å². The van der Waals surface area contributed by atoms with Crippen LogP contribution >= 0.6 is 0 Å². The van der Waals surface area contributed by atoms with E-state index in [9.17, 15) is 9.90 Å². The Morgan fingerprint density at radius 1 is 1.42 bits per heavy atom. The molecule has 0 aromatic carbocycles. The SMILES string of the molecule is COC(C)(C)C[C@H](C)NC(=O)N[C@@H]1CCCC[C@H]1O. The third-order valence-corrected chi connectivity index (χ3v) is 3.77. The van der Waals surface area contributed by atoms with Crippen molar-refractivity contribution in [2.75, 3.05) is 7.11 Å². The van der Waals surface area contributed by atoms with Gasteiger partial charge in [0, 0.05) is 13.2 Å². The van der Waals surface area contributed by atoms with Crippen LogP contribution in [-0.4, -0.2) is 42.0 Å². The molecule has 0 aromatic heterocycles. The van der Waals surface area contributed by atoms with Crippen LogP contribution < -0.4 is 10.6 Å². The van der Waals surface area contributed by atoms with E-state index in [0.717, 1.165) is 32.1 Å². The number of nitrogens with one attached hydrogen (secondary N) is 2. The Balaban J connectivity index is 2.34. The van der Waals surface area contributed by atoms with Gasteiger partial charge in [0.2, 0.25) is 0 Å². The normalized spacial score (nSPS) is 25.7. The molecule has 5 nitrogen and oxygen atoms in total. The van der Waals surface area contributed by atoms with Crippen LogP contribution in [0.15, 0.2) is 0 Å². The van der Waals surface area contributed by atoms with Gasteiger partial charge in [-0.2, -0.15) is 0 Å². The molecular formula is C14H28N2O3. The van der Waals surface area contributed by atoms with Crippen LogP contribution in [0.4, 0.5) is 4.79 Å². The van der Waals surface area contributed by atoms with Crippen molar-refractivity contribution in [2.45, 2.75) is 76.7 Å². The Labute approximate surface area is 116 Å². The van der Waals surface area contributed by atoms with E-state index in [4.69, 9.17) is 4.74 Å². The smallest absolute Gasteiger partial charge is 0.315 e.